The van der Waals surface area contributed by atoms with E-state index < -0.39 is 0 Å². The van der Waals surface area contributed by atoms with Crippen molar-refractivity contribution >= 4 is 17.2 Å². The van der Waals surface area contributed by atoms with Crippen molar-refractivity contribution in [3.05, 3.63) is 28.7 Å². The minimum absolute atomic E-state index is 0.0491. The lowest BCUT2D eigenvalue weighted by Gasteiger charge is -2.26. The van der Waals surface area contributed by atoms with Gasteiger partial charge in [-0.05, 0) is 0 Å². The van der Waals surface area contributed by atoms with Crippen LogP contribution in [0.4, 0.5) is 0 Å². The third kappa shape index (κ3) is 2.48. The molecule has 1 N–H and O–H groups in total. The Morgan fingerprint density at radius 2 is 2.38 bits per heavy atom. The first kappa shape index (κ1) is 11.3. The molecule has 0 unspecified atom stereocenters. The Labute approximate surface area is 99.0 Å². The van der Waals surface area contributed by atoms with Crippen LogP contribution < -0.4 is 5.32 Å². The Kier molecular flexibility index (Phi) is 3.69. The van der Waals surface area contributed by atoms with Gasteiger partial charge in [-0.25, -0.2) is 4.98 Å². The number of amides is 1. The van der Waals surface area contributed by atoms with Gasteiger partial charge in [0.1, 0.15) is 5.69 Å². The summed E-state index contributed by atoms with van der Waals surface area (Å²) in [6.07, 6.45) is 2.54. The molecule has 1 aromatic heterocycles. The monoisotopic (exact) mass is 237 g/mol. The molecular formula is C11H15N3OS. The van der Waals surface area contributed by atoms with E-state index in [-0.39, 0.29) is 5.91 Å². The van der Waals surface area contributed by atoms with Gasteiger partial charge in [0.15, 0.2) is 0 Å². The first-order chi connectivity index (χ1) is 7.81. The molecule has 2 heterocycles. The van der Waals surface area contributed by atoms with Crippen molar-refractivity contribution in [2.24, 2.45) is 0 Å². The van der Waals surface area contributed by atoms with Crippen LogP contribution in [0.5, 0.6) is 0 Å². The summed E-state index contributed by atoms with van der Waals surface area (Å²) in [5, 5.41) is 6.01. The van der Waals surface area contributed by atoms with E-state index in [0.29, 0.717) is 5.69 Å². The zero-order chi connectivity index (χ0) is 11.4. The summed E-state index contributed by atoms with van der Waals surface area (Å²) in [6, 6.07) is 0. The van der Waals surface area contributed by atoms with Gasteiger partial charge >= 0.3 is 0 Å². The fourth-order valence-corrected chi connectivity index (χ4v) is 2.42. The van der Waals surface area contributed by atoms with E-state index in [0.717, 1.165) is 37.6 Å². The topological polar surface area (TPSA) is 45.2 Å². The maximum atomic E-state index is 12.0. The summed E-state index contributed by atoms with van der Waals surface area (Å²) in [4.78, 5) is 18.2. The summed E-state index contributed by atoms with van der Waals surface area (Å²) in [6.45, 7) is 6.95. The number of nitrogens with zero attached hydrogens (tertiary/aromatic N) is 2. The summed E-state index contributed by atoms with van der Waals surface area (Å²) >= 11 is 1.52. The number of hydrogen-bond donors (Lipinski definition) is 1. The van der Waals surface area contributed by atoms with Crippen LogP contribution in [0.15, 0.2) is 18.0 Å². The van der Waals surface area contributed by atoms with E-state index in [1.54, 1.807) is 6.08 Å². The minimum Gasteiger partial charge on any atom is -0.335 e. The maximum absolute atomic E-state index is 12.0. The van der Waals surface area contributed by atoms with E-state index in [2.05, 4.69) is 16.9 Å². The molecule has 0 atom stereocenters. The van der Waals surface area contributed by atoms with Crippen molar-refractivity contribution in [1.29, 1.82) is 0 Å². The van der Waals surface area contributed by atoms with E-state index in [1.807, 2.05) is 10.3 Å². The fourth-order valence-electron chi connectivity index (χ4n) is 1.66. The molecule has 5 heteroatoms. The Balaban J connectivity index is 2.04. The normalized spacial score (nSPS) is 16.1. The molecule has 2 rings (SSSR count). The van der Waals surface area contributed by atoms with Gasteiger partial charge in [0.25, 0.3) is 5.91 Å². The van der Waals surface area contributed by atoms with Gasteiger partial charge in [-0.1, -0.05) is 6.08 Å². The Morgan fingerprint density at radius 3 is 3.06 bits per heavy atom. The maximum Gasteiger partial charge on any atom is 0.273 e. The molecule has 1 amide bonds. The molecule has 0 spiro atoms. The number of nitrogens with one attached hydrogen (secondary N) is 1. The molecule has 1 aliphatic rings. The third-order valence-electron chi connectivity index (χ3n) is 2.49. The summed E-state index contributed by atoms with van der Waals surface area (Å²) < 4.78 is 0. The van der Waals surface area contributed by atoms with Crippen LogP contribution in [0.3, 0.4) is 0 Å². The van der Waals surface area contributed by atoms with Gasteiger partial charge in [-0.2, -0.15) is 0 Å². The van der Waals surface area contributed by atoms with Gasteiger partial charge in [0.05, 0.1) is 5.01 Å². The Bertz CT molecular complexity index is 382. The van der Waals surface area contributed by atoms with Crippen molar-refractivity contribution in [2.45, 2.75) is 6.42 Å². The first-order valence-electron chi connectivity index (χ1n) is 5.36. The quantitative estimate of drug-likeness (QED) is 0.795. The van der Waals surface area contributed by atoms with Crippen LogP contribution in [0.2, 0.25) is 0 Å². The molecule has 0 radical (unpaired) electrons. The number of aromatic nitrogens is 1. The highest BCUT2D eigenvalue weighted by Gasteiger charge is 2.19. The smallest absolute Gasteiger partial charge is 0.273 e. The summed E-state index contributed by atoms with van der Waals surface area (Å²) in [5.74, 6) is 0.0491. The molecule has 16 heavy (non-hydrogen) atoms. The number of carbonyl (C=O) groups is 1. The lowest BCUT2D eigenvalue weighted by Crippen LogP contribution is -2.46. The number of allylic oxidation sites excluding steroid dienone is 1. The highest BCUT2D eigenvalue weighted by atomic mass is 32.1. The van der Waals surface area contributed by atoms with Crippen molar-refractivity contribution in [3.8, 4) is 0 Å². The lowest BCUT2D eigenvalue weighted by molar-refractivity contribution is 0.0730. The van der Waals surface area contributed by atoms with Gasteiger partial charge in [0, 0.05) is 38.0 Å². The van der Waals surface area contributed by atoms with E-state index in [9.17, 15) is 4.79 Å². The average Bonchev–Trinajstić information content (AvgIpc) is 2.78. The van der Waals surface area contributed by atoms with Crippen molar-refractivity contribution < 1.29 is 4.79 Å². The summed E-state index contributed by atoms with van der Waals surface area (Å²) in [5.41, 5.74) is 0.573. The number of piperazine rings is 1. The van der Waals surface area contributed by atoms with Crippen molar-refractivity contribution in [2.75, 3.05) is 26.2 Å². The zero-order valence-corrected chi connectivity index (χ0v) is 9.92. The van der Waals surface area contributed by atoms with Gasteiger partial charge < -0.3 is 10.2 Å². The molecule has 1 saturated heterocycles. The predicted octanol–water partition coefficient (Wildman–Crippen LogP) is 0.917. The molecule has 1 aliphatic heterocycles. The molecule has 0 saturated carbocycles. The van der Waals surface area contributed by atoms with E-state index in [1.165, 1.54) is 11.3 Å². The third-order valence-corrected chi connectivity index (χ3v) is 3.37. The van der Waals surface area contributed by atoms with Crippen LogP contribution in [0.25, 0.3) is 0 Å². The van der Waals surface area contributed by atoms with E-state index in [4.69, 9.17) is 0 Å². The predicted molar refractivity (Wildman–Crippen MR) is 64.8 cm³/mol. The molecule has 86 valence electrons. The number of thiazole rings is 1. The molecule has 1 fully saturated rings. The van der Waals surface area contributed by atoms with Gasteiger partial charge in [-0.3, -0.25) is 4.79 Å². The van der Waals surface area contributed by atoms with Crippen molar-refractivity contribution in [1.82, 2.24) is 15.2 Å². The highest BCUT2D eigenvalue weighted by molar-refractivity contribution is 7.09. The zero-order valence-electron chi connectivity index (χ0n) is 9.11. The second kappa shape index (κ2) is 5.23. The molecule has 0 aliphatic carbocycles. The fraction of sp³-hybridized carbons (Fsp3) is 0.455. The molecule has 1 aromatic rings. The molecule has 0 bridgehead atoms. The standard InChI is InChI=1S/C11H15N3OS/c1-2-3-10-13-9(8-16-10)11(15)14-6-4-12-5-7-14/h2,8,12H,1,3-7H2. The largest absolute Gasteiger partial charge is 0.335 e. The Morgan fingerprint density at radius 1 is 1.62 bits per heavy atom. The molecular weight excluding hydrogens is 222 g/mol. The Hall–Kier alpha value is -1.20. The first-order valence-corrected chi connectivity index (χ1v) is 6.24. The summed E-state index contributed by atoms with van der Waals surface area (Å²) in [7, 11) is 0. The number of hydrogen-bond acceptors (Lipinski definition) is 4. The van der Waals surface area contributed by atoms with Crippen LogP contribution in [0, 0.1) is 0 Å². The molecule has 0 aromatic carbocycles. The second-order valence-electron chi connectivity index (χ2n) is 3.66. The van der Waals surface area contributed by atoms with Crippen LogP contribution in [-0.4, -0.2) is 42.0 Å². The van der Waals surface area contributed by atoms with E-state index >= 15 is 0 Å². The lowest BCUT2D eigenvalue weighted by atomic mass is 10.3. The molecule has 4 nitrogen and oxygen atoms in total. The minimum atomic E-state index is 0.0491. The second-order valence-corrected chi connectivity index (χ2v) is 4.60. The van der Waals surface area contributed by atoms with Crippen LogP contribution >= 0.6 is 11.3 Å². The van der Waals surface area contributed by atoms with Gasteiger partial charge in [0.2, 0.25) is 0 Å². The van der Waals surface area contributed by atoms with Gasteiger partial charge in [-0.15, -0.1) is 17.9 Å². The van der Waals surface area contributed by atoms with Crippen LogP contribution in [0.1, 0.15) is 15.5 Å². The number of rotatable bonds is 3. The van der Waals surface area contributed by atoms with Crippen LogP contribution in [-0.2, 0) is 6.42 Å². The SMILES string of the molecule is C=CCc1nc(C(=O)N2CCNCC2)cs1. The van der Waals surface area contributed by atoms with Crippen molar-refractivity contribution in [3.63, 3.8) is 0 Å². The number of carbonyl (C=O) groups excluding carboxylic acids is 1. The highest BCUT2D eigenvalue weighted by Crippen LogP contribution is 2.13. The average molecular weight is 237 g/mol.